The summed E-state index contributed by atoms with van der Waals surface area (Å²) in [5, 5.41) is 8.77. The number of aliphatic carboxylic acids is 1. The number of unbranched alkanes of at least 4 members (excludes halogenated alkanes) is 22. The van der Waals surface area contributed by atoms with E-state index in [0.29, 0.717) is 6.42 Å². The number of esters is 1. The first-order valence-corrected chi connectivity index (χ1v) is 17.0. The number of carbonyl (C=O) groups is 2. The molecule has 0 saturated carbocycles. The standard InChI is InChI=1S/C34H66O4/c1-3-5-7-9-11-13-15-17-20-24-28-32(29-25-21-19-22-26-30-33(35)36)38-34(37)31-27-23-18-16-14-12-10-8-6-4-2/h32H,3-31H2,1-2H3,(H,35,36). The van der Waals surface area contributed by atoms with Gasteiger partial charge in [0.05, 0.1) is 0 Å². The molecule has 0 fully saturated rings. The SMILES string of the molecule is CCCCCCCCCCCCC(=O)OC(CCCCCCCCCCCC)CCCCCCCC(=O)O. The van der Waals surface area contributed by atoms with Crippen LogP contribution in [0.1, 0.15) is 200 Å². The Morgan fingerprint density at radius 1 is 0.474 bits per heavy atom. The Hall–Kier alpha value is -1.06. The van der Waals surface area contributed by atoms with E-state index in [0.717, 1.165) is 64.2 Å². The molecule has 1 unspecified atom stereocenters. The minimum Gasteiger partial charge on any atom is -0.481 e. The van der Waals surface area contributed by atoms with Gasteiger partial charge in [0.15, 0.2) is 0 Å². The van der Waals surface area contributed by atoms with Crippen LogP contribution in [0.4, 0.5) is 0 Å². The summed E-state index contributed by atoms with van der Waals surface area (Å²) in [6.07, 6.45) is 33.9. The quantitative estimate of drug-likeness (QED) is 0.0704. The Kier molecular flexibility index (Phi) is 29.6. The van der Waals surface area contributed by atoms with Gasteiger partial charge in [-0.05, 0) is 38.5 Å². The zero-order valence-electron chi connectivity index (χ0n) is 25.8. The molecule has 0 aliphatic heterocycles. The van der Waals surface area contributed by atoms with Gasteiger partial charge in [-0.2, -0.15) is 0 Å². The minimum absolute atomic E-state index is 0.00287. The normalized spacial score (nSPS) is 12.1. The number of ether oxygens (including phenoxy) is 1. The number of hydrogen-bond donors (Lipinski definition) is 1. The summed E-state index contributed by atoms with van der Waals surface area (Å²) in [5.74, 6) is -0.695. The van der Waals surface area contributed by atoms with Crippen molar-refractivity contribution in [1.82, 2.24) is 0 Å². The maximum atomic E-state index is 12.5. The van der Waals surface area contributed by atoms with Crippen LogP contribution in [0.15, 0.2) is 0 Å². The van der Waals surface area contributed by atoms with Gasteiger partial charge in [0, 0.05) is 12.8 Å². The highest BCUT2D eigenvalue weighted by Crippen LogP contribution is 2.19. The van der Waals surface area contributed by atoms with E-state index in [4.69, 9.17) is 9.84 Å². The molecule has 1 atom stereocenters. The molecule has 0 radical (unpaired) electrons. The van der Waals surface area contributed by atoms with Crippen LogP contribution >= 0.6 is 0 Å². The number of carboxylic acid groups (broad SMARTS) is 1. The fraction of sp³-hybridized carbons (Fsp3) is 0.941. The zero-order chi connectivity index (χ0) is 27.9. The maximum Gasteiger partial charge on any atom is 0.306 e. The number of carboxylic acids is 1. The average molecular weight is 539 g/mol. The van der Waals surface area contributed by atoms with Gasteiger partial charge in [-0.15, -0.1) is 0 Å². The Morgan fingerprint density at radius 3 is 1.16 bits per heavy atom. The van der Waals surface area contributed by atoms with E-state index in [1.165, 1.54) is 109 Å². The van der Waals surface area contributed by atoms with Crippen LogP contribution in [0.5, 0.6) is 0 Å². The van der Waals surface area contributed by atoms with Crippen LogP contribution in [0.2, 0.25) is 0 Å². The Balaban J connectivity index is 4.04. The fourth-order valence-electron chi connectivity index (χ4n) is 5.30. The van der Waals surface area contributed by atoms with Gasteiger partial charge < -0.3 is 9.84 Å². The smallest absolute Gasteiger partial charge is 0.306 e. The molecular weight excluding hydrogens is 472 g/mol. The van der Waals surface area contributed by atoms with Gasteiger partial charge in [0.2, 0.25) is 0 Å². The van der Waals surface area contributed by atoms with E-state index in [1.807, 2.05) is 0 Å². The molecule has 0 aliphatic rings. The third-order valence-corrected chi connectivity index (χ3v) is 7.83. The van der Waals surface area contributed by atoms with Crippen molar-refractivity contribution in [3.63, 3.8) is 0 Å². The third-order valence-electron chi connectivity index (χ3n) is 7.83. The largest absolute Gasteiger partial charge is 0.481 e. The van der Waals surface area contributed by atoms with E-state index < -0.39 is 5.97 Å². The lowest BCUT2D eigenvalue weighted by Gasteiger charge is -2.18. The van der Waals surface area contributed by atoms with Crippen LogP contribution < -0.4 is 0 Å². The van der Waals surface area contributed by atoms with Gasteiger partial charge >= 0.3 is 11.9 Å². The van der Waals surface area contributed by atoms with E-state index in [-0.39, 0.29) is 18.5 Å². The van der Waals surface area contributed by atoms with Crippen molar-refractivity contribution in [2.45, 2.75) is 206 Å². The third kappa shape index (κ3) is 29.5. The van der Waals surface area contributed by atoms with Gasteiger partial charge in [-0.25, -0.2) is 0 Å². The first-order chi connectivity index (χ1) is 18.6. The molecule has 4 heteroatoms. The van der Waals surface area contributed by atoms with Crippen molar-refractivity contribution in [3.8, 4) is 0 Å². The van der Waals surface area contributed by atoms with Crippen molar-refractivity contribution in [2.24, 2.45) is 0 Å². The lowest BCUT2D eigenvalue weighted by atomic mass is 10.0. The van der Waals surface area contributed by atoms with Gasteiger partial charge in [0.1, 0.15) is 6.10 Å². The van der Waals surface area contributed by atoms with Crippen molar-refractivity contribution < 1.29 is 19.4 Å². The van der Waals surface area contributed by atoms with Gasteiger partial charge in [-0.1, -0.05) is 149 Å². The summed E-state index contributed by atoms with van der Waals surface area (Å²) in [6.45, 7) is 4.53. The lowest BCUT2D eigenvalue weighted by Crippen LogP contribution is -2.18. The van der Waals surface area contributed by atoms with Crippen LogP contribution in [0.3, 0.4) is 0 Å². The summed E-state index contributed by atoms with van der Waals surface area (Å²) in [7, 11) is 0. The number of carbonyl (C=O) groups excluding carboxylic acids is 1. The van der Waals surface area contributed by atoms with E-state index in [9.17, 15) is 9.59 Å². The second-order valence-electron chi connectivity index (χ2n) is 11.7. The highest BCUT2D eigenvalue weighted by molar-refractivity contribution is 5.69. The number of rotatable bonds is 31. The molecule has 0 saturated heterocycles. The highest BCUT2D eigenvalue weighted by Gasteiger charge is 2.14. The van der Waals surface area contributed by atoms with E-state index >= 15 is 0 Å². The minimum atomic E-state index is -0.698. The first kappa shape index (κ1) is 36.9. The second kappa shape index (κ2) is 30.5. The molecule has 0 aromatic rings. The van der Waals surface area contributed by atoms with Crippen LogP contribution in [0, 0.1) is 0 Å². The molecule has 38 heavy (non-hydrogen) atoms. The fourth-order valence-corrected chi connectivity index (χ4v) is 5.30. The lowest BCUT2D eigenvalue weighted by molar-refractivity contribution is -0.150. The summed E-state index contributed by atoms with van der Waals surface area (Å²) in [4.78, 5) is 23.2. The summed E-state index contributed by atoms with van der Waals surface area (Å²) >= 11 is 0. The molecule has 4 nitrogen and oxygen atoms in total. The van der Waals surface area contributed by atoms with Crippen LogP contribution in [0.25, 0.3) is 0 Å². The molecule has 0 heterocycles. The molecule has 0 spiro atoms. The maximum absolute atomic E-state index is 12.5. The molecule has 226 valence electrons. The molecule has 0 rings (SSSR count). The van der Waals surface area contributed by atoms with E-state index in [1.54, 1.807) is 0 Å². The molecule has 0 aromatic carbocycles. The Labute approximate surface area is 237 Å². The van der Waals surface area contributed by atoms with Gasteiger partial charge in [0.25, 0.3) is 0 Å². The molecule has 0 amide bonds. The second-order valence-corrected chi connectivity index (χ2v) is 11.7. The monoisotopic (exact) mass is 538 g/mol. The topological polar surface area (TPSA) is 63.6 Å². The molecular formula is C34H66O4. The van der Waals surface area contributed by atoms with Crippen molar-refractivity contribution in [2.75, 3.05) is 0 Å². The van der Waals surface area contributed by atoms with Crippen molar-refractivity contribution >= 4 is 11.9 Å². The highest BCUT2D eigenvalue weighted by atomic mass is 16.5. The van der Waals surface area contributed by atoms with Crippen LogP contribution in [-0.2, 0) is 14.3 Å². The predicted octanol–water partition coefficient (Wildman–Crippen LogP) is 11.3. The number of hydrogen-bond acceptors (Lipinski definition) is 3. The summed E-state index contributed by atoms with van der Waals surface area (Å²) in [5.41, 5.74) is 0. The molecule has 0 aliphatic carbocycles. The average Bonchev–Trinajstić information content (AvgIpc) is 2.89. The molecule has 0 aromatic heterocycles. The van der Waals surface area contributed by atoms with Crippen molar-refractivity contribution in [3.05, 3.63) is 0 Å². The van der Waals surface area contributed by atoms with E-state index in [2.05, 4.69) is 13.8 Å². The Morgan fingerprint density at radius 2 is 0.789 bits per heavy atom. The Bertz CT molecular complexity index is 505. The summed E-state index contributed by atoms with van der Waals surface area (Å²) in [6, 6.07) is 0. The summed E-state index contributed by atoms with van der Waals surface area (Å²) < 4.78 is 5.96. The zero-order valence-corrected chi connectivity index (χ0v) is 25.8. The predicted molar refractivity (Wildman–Crippen MR) is 163 cm³/mol. The van der Waals surface area contributed by atoms with Gasteiger partial charge in [-0.3, -0.25) is 9.59 Å². The first-order valence-electron chi connectivity index (χ1n) is 17.0. The molecule has 1 N–H and O–H groups in total. The molecule has 0 bridgehead atoms. The van der Waals surface area contributed by atoms with Crippen molar-refractivity contribution in [1.29, 1.82) is 0 Å². The van der Waals surface area contributed by atoms with Crippen LogP contribution in [-0.4, -0.2) is 23.1 Å².